The molecule has 1 saturated heterocycles. The van der Waals surface area contributed by atoms with Gasteiger partial charge in [0.05, 0.1) is 28.8 Å². The van der Waals surface area contributed by atoms with Gasteiger partial charge in [0, 0.05) is 37.3 Å². The molecule has 4 rings (SSSR count). The third-order valence-electron chi connectivity index (χ3n) is 6.14. The number of likely N-dealkylation sites (tertiary alicyclic amines) is 1. The van der Waals surface area contributed by atoms with E-state index in [4.69, 9.17) is 21.2 Å². The van der Waals surface area contributed by atoms with Gasteiger partial charge in [-0.1, -0.05) is 16.8 Å². The first-order valence-electron chi connectivity index (χ1n) is 12.0. The van der Waals surface area contributed by atoms with Gasteiger partial charge in [-0.05, 0) is 38.8 Å². The Morgan fingerprint density at radius 3 is 2.62 bits per heavy atom. The summed E-state index contributed by atoms with van der Waals surface area (Å²) in [4.78, 5) is 39.9. The molecule has 3 aromatic heterocycles. The van der Waals surface area contributed by atoms with Gasteiger partial charge in [0.1, 0.15) is 11.4 Å². The van der Waals surface area contributed by atoms with Crippen molar-refractivity contribution in [1.29, 1.82) is 0 Å². The van der Waals surface area contributed by atoms with E-state index in [2.05, 4.69) is 39.6 Å². The fraction of sp³-hybridized carbons (Fsp3) is 0.458. The zero-order valence-electron chi connectivity index (χ0n) is 20.6. The minimum atomic E-state index is -1.08. The molecule has 0 spiro atoms. The van der Waals surface area contributed by atoms with E-state index in [9.17, 15) is 14.4 Å². The Balaban J connectivity index is 1.49. The summed E-state index contributed by atoms with van der Waals surface area (Å²) in [6.07, 6.45) is 1.67. The molecule has 3 N–H and O–H groups in total. The second-order valence-electron chi connectivity index (χ2n) is 9.16. The molecule has 0 atom stereocenters. The smallest absolute Gasteiger partial charge is 0.317 e. The SMILES string of the molecule is CC(C)N1CCC(NC(=O)c2cc(C(=O)CNCC(=O)O)n(Cc3cc(-c4ccc(Cl)s4)on3)n2)CC1. The summed E-state index contributed by atoms with van der Waals surface area (Å²) in [7, 11) is 0. The van der Waals surface area contributed by atoms with Crippen molar-refractivity contribution in [1.82, 2.24) is 30.5 Å². The number of ketones is 1. The maximum atomic E-state index is 13.0. The molecular weight excluding hydrogens is 520 g/mol. The summed E-state index contributed by atoms with van der Waals surface area (Å²) in [6, 6.07) is 7.23. The predicted molar refractivity (Wildman–Crippen MR) is 138 cm³/mol. The van der Waals surface area contributed by atoms with Gasteiger partial charge < -0.3 is 19.8 Å². The lowest BCUT2D eigenvalue weighted by atomic mass is 10.0. The summed E-state index contributed by atoms with van der Waals surface area (Å²) < 4.78 is 7.43. The van der Waals surface area contributed by atoms with Crippen LogP contribution >= 0.6 is 22.9 Å². The van der Waals surface area contributed by atoms with Gasteiger partial charge in [-0.2, -0.15) is 5.10 Å². The number of carbonyl (C=O) groups is 3. The Hall–Kier alpha value is -3.06. The average Bonchev–Trinajstić information content (AvgIpc) is 3.59. The van der Waals surface area contributed by atoms with Crippen LogP contribution in [0.4, 0.5) is 0 Å². The monoisotopic (exact) mass is 548 g/mol. The van der Waals surface area contributed by atoms with Crippen LogP contribution in [-0.2, 0) is 11.3 Å². The van der Waals surface area contributed by atoms with Crippen LogP contribution in [0.25, 0.3) is 10.6 Å². The topological polar surface area (TPSA) is 143 Å². The summed E-state index contributed by atoms with van der Waals surface area (Å²) in [5, 5.41) is 22.9. The van der Waals surface area contributed by atoms with Gasteiger partial charge in [0.2, 0.25) is 0 Å². The quantitative estimate of drug-likeness (QED) is 0.308. The van der Waals surface area contributed by atoms with Crippen LogP contribution in [0, 0.1) is 0 Å². The van der Waals surface area contributed by atoms with Gasteiger partial charge in [-0.3, -0.25) is 24.4 Å². The van der Waals surface area contributed by atoms with Crippen LogP contribution < -0.4 is 10.6 Å². The third-order valence-corrected chi connectivity index (χ3v) is 7.39. The Kier molecular flexibility index (Phi) is 8.75. The van der Waals surface area contributed by atoms with Gasteiger partial charge in [0.25, 0.3) is 5.91 Å². The second kappa shape index (κ2) is 12.0. The van der Waals surface area contributed by atoms with Crippen molar-refractivity contribution in [2.75, 3.05) is 26.2 Å². The first-order valence-corrected chi connectivity index (χ1v) is 13.2. The van der Waals surface area contributed by atoms with Crippen LogP contribution in [0.3, 0.4) is 0 Å². The molecule has 4 heterocycles. The maximum Gasteiger partial charge on any atom is 0.317 e. The van der Waals surface area contributed by atoms with E-state index in [0.29, 0.717) is 21.8 Å². The van der Waals surface area contributed by atoms with Crippen LogP contribution in [0.2, 0.25) is 4.34 Å². The molecule has 0 saturated carbocycles. The summed E-state index contributed by atoms with van der Waals surface area (Å²) in [5.74, 6) is -1.30. The first-order chi connectivity index (χ1) is 17.7. The maximum absolute atomic E-state index is 13.0. The van der Waals surface area contributed by atoms with E-state index in [-0.39, 0.29) is 43.0 Å². The Morgan fingerprint density at radius 2 is 1.97 bits per heavy atom. The first kappa shape index (κ1) is 27.0. The molecule has 0 radical (unpaired) electrons. The Labute approximate surface area is 222 Å². The number of aromatic nitrogens is 3. The van der Waals surface area contributed by atoms with Crippen molar-refractivity contribution in [2.45, 2.75) is 45.3 Å². The normalized spacial score (nSPS) is 14.8. The minimum absolute atomic E-state index is 0.0275. The molecule has 37 heavy (non-hydrogen) atoms. The third kappa shape index (κ3) is 7.04. The highest BCUT2D eigenvalue weighted by molar-refractivity contribution is 7.19. The number of nitrogens with zero attached hydrogens (tertiary/aromatic N) is 4. The highest BCUT2D eigenvalue weighted by Gasteiger charge is 2.25. The fourth-order valence-corrected chi connectivity index (χ4v) is 5.16. The van der Waals surface area contributed by atoms with Crippen molar-refractivity contribution < 1.29 is 24.0 Å². The van der Waals surface area contributed by atoms with Crippen LogP contribution in [0.5, 0.6) is 0 Å². The molecule has 0 aromatic carbocycles. The number of hydrogen-bond donors (Lipinski definition) is 3. The Morgan fingerprint density at radius 1 is 1.22 bits per heavy atom. The van der Waals surface area contributed by atoms with Crippen LogP contribution in [0.1, 0.15) is 53.4 Å². The van der Waals surface area contributed by atoms with E-state index in [1.807, 2.05) is 6.07 Å². The lowest BCUT2D eigenvalue weighted by Crippen LogP contribution is -2.46. The lowest BCUT2D eigenvalue weighted by Gasteiger charge is -2.34. The predicted octanol–water partition coefficient (Wildman–Crippen LogP) is 2.76. The molecule has 0 unspecified atom stereocenters. The van der Waals surface area contributed by atoms with Crippen molar-refractivity contribution in [3.63, 3.8) is 0 Å². The zero-order valence-corrected chi connectivity index (χ0v) is 22.1. The van der Waals surface area contributed by atoms with Crippen molar-refractivity contribution in [2.24, 2.45) is 0 Å². The van der Waals surface area contributed by atoms with Gasteiger partial charge in [-0.15, -0.1) is 11.3 Å². The Bertz CT molecular complexity index is 1260. The largest absolute Gasteiger partial charge is 0.480 e. The number of piperidine rings is 1. The van der Waals surface area contributed by atoms with E-state index < -0.39 is 11.8 Å². The highest BCUT2D eigenvalue weighted by Crippen LogP contribution is 2.31. The van der Waals surface area contributed by atoms with Crippen molar-refractivity contribution in [3.05, 3.63) is 45.7 Å². The van der Waals surface area contributed by atoms with Crippen molar-refractivity contribution >= 4 is 40.6 Å². The van der Waals surface area contributed by atoms with Crippen molar-refractivity contribution in [3.8, 4) is 10.6 Å². The number of carboxylic acid groups (broad SMARTS) is 1. The molecule has 3 aromatic rings. The molecule has 1 aliphatic heterocycles. The number of nitrogens with one attached hydrogen (secondary N) is 2. The molecule has 13 heteroatoms. The number of aliphatic carboxylic acids is 1. The molecule has 1 fully saturated rings. The standard InChI is InChI=1S/C24H29ClN6O5S/c1-14(2)30-7-5-15(6-8-30)27-24(35)17-10-18(19(32)11-26-12-23(33)34)31(28-17)13-16-9-20(36-29-16)21-3-4-22(25)37-21/h3-4,9-10,14-15,26H,5-8,11-13H2,1-2H3,(H,27,35)(H,33,34). The summed E-state index contributed by atoms with van der Waals surface area (Å²) in [5.41, 5.74) is 0.784. The summed E-state index contributed by atoms with van der Waals surface area (Å²) in [6.45, 7) is 5.62. The molecule has 0 bridgehead atoms. The molecule has 11 nitrogen and oxygen atoms in total. The molecule has 1 aliphatic rings. The number of amides is 1. The number of thiophene rings is 1. The molecule has 0 aliphatic carbocycles. The summed E-state index contributed by atoms with van der Waals surface area (Å²) >= 11 is 7.36. The minimum Gasteiger partial charge on any atom is -0.480 e. The zero-order chi connectivity index (χ0) is 26.5. The average molecular weight is 549 g/mol. The van der Waals surface area contributed by atoms with Gasteiger partial charge in [0.15, 0.2) is 17.2 Å². The van der Waals surface area contributed by atoms with Gasteiger partial charge >= 0.3 is 5.97 Å². The number of hydrogen-bond acceptors (Lipinski definition) is 9. The van der Waals surface area contributed by atoms with E-state index >= 15 is 0 Å². The molecule has 198 valence electrons. The number of carbonyl (C=O) groups excluding carboxylic acids is 2. The number of rotatable bonds is 11. The van der Waals surface area contributed by atoms with E-state index in [0.717, 1.165) is 30.8 Å². The second-order valence-corrected chi connectivity index (χ2v) is 10.9. The van der Waals surface area contributed by atoms with Gasteiger partial charge in [-0.25, -0.2) is 0 Å². The number of Topliss-reactive ketones (excluding diaryl/α,β-unsaturated/α-hetero) is 1. The van der Waals surface area contributed by atoms with E-state index in [1.165, 1.54) is 22.1 Å². The number of halogens is 1. The number of carboxylic acids is 1. The van der Waals surface area contributed by atoms with E-state index in [1.54, 1.807) is 12.1 Å². The molecule has 1 amide bonds. The van der Waals surface area contributed by atoms with Crippen LogP contribution in [-0.4, -0.2) is 80.9 Å². The highest BCUT2D eigenvalue weighted by atomic mass is 35.5. The lowest BCUT2D eigenvalue weighted by molar-refractivity contribution is -0.135. The fourth-order valence-electron chi connectivity index (χ4n) is 4.17. The van der Waals surface area contributed by atoms with Crippen LogP contribution in [0.15, 0.2) is 28.8 Å². The molecular formula is C24H29ClN6O5S.